The normalized spacial score (nSPS) is 14.3. The molecule has 0 radical (unpaired) electrons. The fourth-order valence-corrected chi connectivity index (χ4v) is 3.38. The Balaban J connectivity index is 2.87. The van der Waals surface area contributed by atoms with Crippen LogP contribution in [0.15, 0.2) is 28.6 Å². The van der Waals surface area contributed by atoms with Crippen molar-refractivity contribution in [3.05, 3.63) is 35.4 Å². The number of rotatable bonds is 6. The molecule has 96 valence electrons. The lowest BCUT2D eigenvalue weighted by atomic mass is 10.2. The van der Waals surface area contributed by atoms with Gasteiger partial charge in [-0.1, -0.05) is 29.8 Å². The van der Waals surface area contributed by atoms with Gasteiger partial charge < -0.3 is 10.8 Å². The molecule has 1 atom stereocenters. The van der Waals surface area contributed by atoms with Crippen molar-refractivity contribution in [2.45, 2.75) is 12.7 Å². The van der Waals surface area contributed by atoms with Crippen molar-refractivity contribution in [3.63, 3.8) is 0 Å². The second kappa shape index (κ2) is 6.74. The maximum atomic E-state index is 12.4. The Morgan fingerprint density at radius 3 is 2.53 bits per heavy atom. The SMILES string of the molecule is Cc1ccc(CS(=O)(CCN)=NCCO)cc1. The van der Waals surface area contributed by atoms with E-state index < -0.39 is 9.73 Å². The largest absolute Gasteiger partial charge is 0.394 e. The number of aliphatic hydroxyl groups excluding tert-OH is 1. The molecule has 0 aromatic heterocycles. The van der Waals surface area contributed by atoms with Gasteiger partial charge in [0.15, 0.2) is 0 Å². The third kappa shape index (κ3) is 4.85. The van der Waals surface area contributed by atoms with Gasteiger partial charge >= 0.3 is 0 Å². The molecule has 1 aromatic rings. The predicted molar refractivity (Wildman–Crippen MR) is 71.3 cm³/mol. The number of aliphatic hydroxyl groups is 1. The molecule has 0 amide bonds. The zero-order valence-corrected chi connectivity index (χ0v) is 10.9. The Morgan fingerprint density at radius 1 is 1.35 bits per heavy atom. The minimum atomic E-state index is -2.33. The van der Waals surface area contributed by atoms with Crippen molar-refractivity contribution in [3.8, 4) is 0 Å². The van der Waals surface area contributed by atoms with Gasteiger partial charge in [-0.3, -0.25) is 0 Å². The molecule has 0 heterocycles. The Bertz CT molecular complexity index is 448. The summed E-state index contributed by atoms with van der Waals surface area (Å²) in [6.07, 6.45) is 0. The molecular weight excluding hydrogens is 236 g/mol. The first-order valence-electron chi connectivity index (χ1n) is 5.64. The lowest BCUT2D eigenvalue weighted by Gasteiger charge is -2.09. The molecule has 0 saturated carbocycles. The summed E-state index contributed by atoms with van der Waals surface area (Å²) in [5, 5.41) is 8.75. The molecule has 0 fully saturated rings. The van der Waals surface area contributed by atoms with E-state index in [-0.39, 0.29) is 13.2 Å². The van der Waals surface area contributed by atoms with Crippen LogP contribution in [0, 0.1) is 6.92 Å². The van der Waals surface area contributed by atoms with E-state index in [0.717, 1.165) is 5.56 Å². The Kier molecular flexibility index (Phi) is 5.61. The minimum absolute atomic E-state index is 0.0739. The van der Waals surface area contributed by atoms with Gasteiger partial charge in [0.05, 0.1) is 28.6 Å². The standard InChI is InChI=1S/C12H20N2O2S/c1-11-2-4-12(5-3-11)10-17(16,9-6-13)14-7-8-15/h2-5,15H,6-10,13H2,1H3. The molecule has 1 unspecified atom stereocenters. The molecule has 0 aliphatic heterocycles. The van der Waals surface area contributed by atoms with E-state index in [4.69, 9.17) is 10.8 Å². The summed E-state index contributed by atoms with van der Waals surface area (Å²) in [4.78, 5) is 0. The molecular formula is C12H20N2O2S. The molecule has 0 spiro atoms. The van der Waals surface area contributed by atoms with Gasteiger partial charge in [-0.2, -0.15) is 0 Å². The second-order valence-corrected chi connectivity index (χ2v) is 6.47. The van der Waals surface area contributed by atoms with Gasteiger partial charge in [0, 0.05) is 12.3 Å². The van der Waals surface area contributed by atoms with E-state index in [1.807, 2.05) is 31.2 Å². The number of nitrogens with zero attached hydrogens (tertiary/aromatic N) is 1. The molecule has 3 N–H and O–H groups in total. The molecule has 17 heavy (non-hydrogen) atoms. The van der Waals surface area contributed by atoms with Crippen LogP contribution in [0.25, 0.3) is 0 Å². The third-order valence-corrected chi connectivity index (χ3v) is 4.69. The molecule has 0 aliphatic carbocycles. The van der Waals surface area contributed by atoms with Crippen LogP contribution < -0.4 is 5.73 Å². The van der Waals surface area contributed by atoms with Crippen LogP contribution in [0.2, 0.25) is 0 Å². The zero-order chi connectivity index (χ0) is 12.7. The second-order valence-electron chi connectivity index (χ2n) is 3.97. The first-order chi connectivity index (χ1) is 8.09. The number of hydrogen-bond donors (Lipinski definition) is 2. The van der Waals surface area contributed by atoms with E-state index in [1.54, 1.807) is 0 Å². The molecule has 4 nitrogen and oxygen atoms in total. The summed E-state index contributed by atoms with van der Waals surface area (Å²) in [5.74, 6) is 0.783. The van der Waals surface area contributed by atoms with Crippen molar-refractivity contribution < 1.29 is 9.32 Å². The van der Waals surface area contributed by atoms with Crippen molar-refractivity contribution in [1.82, 2.24) is 0 Å². The Hall–Kier alpha value is -0.910. The summed E-state index contributed by atoms with van der Waals surface area (Å²) in [7, 11) is -2.33. The van der Waals surface area contributed by atoms with Gasteiger partial charge in [0.25, 0.3) is 0 Å². The summed E-state index contributed by atoms with van der Waals surface area (Å²) >= 11 is 0. The van der Waals surface area contributed by atoms with Crippen LogP contribution in [0.5, 0.6) is 0 Å². The molecule has 5 heteroatoms. The highest BCUT2D eigenvalue weighted by Crippen LogP contribution is 2.10. The molecule has 0 aliphatic rings. The minimum Gasteiger partial charge on any atom is -0.394 e. The zero-order valence-electron chi connectivity index (χ0n) is 10.1. The van der Waals surface area contributed by atoms with Crippen LogP contribution in [0.4, 0.5) is 0 Å². The Morgan fingerprint density at radius 2 is 2.00 bits per heavy atom. The maximum Gasteiger partial charge on any atom is 0.0715 e. The first kappa shape index (κ1) is 14.2. The van der Waals surface area contributed by atoms with Crippen molar-refractivity contribution in [2.24, 2.45) is 10.1 Å². The van der Waals surface area contributed by atoms with Gasteiger partial charge in [0.1, 0.15) is 0 Å². The van der Waals surface area contributed by atoms with E-state index in [9.17, 15) is 4.21 Å². The maximum absolute atomic E-state index is 12.4. The average molecular weight is 256 g/mol. The highest BCUT2D eigenvalue weighted by atomic mass is 32.2. The fraction of sp³-hybridized carbons (Fsp3) is 0.500. The summed E-state index contributed by atoms with van der Waals surface area (Å²) in [6.45, 7) is 2.50. The average Bonchev–Trinajstić information content (AvgIpc) is 2.30. The smallest absolute Gasteiger partial charge is 0.0715 e. The molecule has 1 aromatic carbocycles. The monoisotopic (exact) mass is 256 g/mol. The fourth-order valence-electron chi connectivity index (χ4n) is 1.52. The lowest BCUT2D eigenvalue weighted by molar-refractivity contribution is 0.307. The van der Waals surface area contributed by atoms with E-state index >= 15 is 0 Å². The van der Waals surface area contributed by atoms with E-state index in [2.05, 4.69) is 4.36 Å². The first-order valence-corrected chi connectivity index (χ1v) is 7.50. The third-order valence-electron chi connectivity index (χ3n) is 2.38. The summed E-state index contributed by atoms with van der Waals surface area (Å²) in [5.41, 5.74) is 7.63. The molecule has 1 rings (SSSR count). The van der Waals surface area contributed by atoms with Crippen LogP contribution in [-0.2, 0) is 15.5 Å². The topological polar surface area (TPSA) is 75.7 Å². The molecule has 0 bridgehead atoms. The number of nitrogens with two attached hydrogens (primary N) is 1. The lowest BCUT2D eigenvalue weighted by Crippen LogP contribution is -2.18. The Labute approximate surface area is 103 Å². The summed E-state index contributed by atoms with van der Waals surface area (Å²) in [6, 6.07) is 7.90. The predicted octanol–water partition coefficient (Wildman–Crippen LogP) is 0.914. The quantitative estimate of drug-likeness (QED) is 0.794. The van der Waals surface area contributed by atoms with Crippen LogP contribution in [0.1, 0.15) is 11.1 Å². The number of aryl methyl sites for hydroxylation is 1. The number of hydrogen-bond acceptors (Lipinski definition) is 4. The van der Waals surface area contributed by atoms with Gasteiger partial charge in [-0.25, -0.2) is 8.57 Å². The van der Waals surface area contributed by atoms with Crippen molar-refractivity contribution in [1.29, 1.82) is 0 Å². The van der Waals surface area contributed by atoms with Crippen molar-refractivity contribution in [2.75, 3.05) is 25.4 Å². The highest BCUT2D eigenvalue weighted by molar-refractivity contribution is 7.92. The highest BCUT2D eigenvalue weighted by Gasteiger charge is 2.09. The van der Waals surface area contributed by atoms with Crippen LogP contribution in [-0.4, -0.2) is 34.8 Å². The van der Waals surface area contributed by atoms with Gasteiger partial charge in [-0.15, -0.1) is 0 Å². The van der Waals surface area contributed by atoms with Gasteiger partial charge in [0.2, 0.25) is 0 Å². The van der Waals surface area contributed by atoms with Gasteiger partial charge in [-0.05, 0) is 12.5 Å². The van der Waals surface area contributed by atoms with E-state index in [1.165, 1.54) is 5.56 Å². The van der Waals surface area contributed by atoms with E-state index in [0.29, 0.717) is 18.1 Å². The van der Waals surface area contributed by atoms with Crippen LogP contribution in [0.3, 0.4) is 0 Å². The summed E-state index contributed by atoms with van der Waals surface area (Å²) < 4.78 is 16.5. The molecule has 0 saturated heterocycles. The number of benzene rings is 1. The van der Waals surface area contributed by atoms with Crippen LogP contribution >= 0.6 is 0 Å². The van der Waals surface area contributed by atoms with Crippen molar-refractivity contribution >= 4 is 9.73 Å².